The van der Waals surface area contributed by atoms with E-state index in [0.717, 1.165) is 28.2 Å². The minimum Gasteiger partial charge on any atom is -0.497 e. The molecular formula is C26H27NO5. The maximum absolute atomic E-state index is 12.8. The first-order valence-electron chi connectivity index (χ1n) is 10.6. The zero-order valence-corrected chi connectivity index (χ0v) is 18.2. The lowest BCUT2D eigenvalue weighted by atomic mass is 10.1. The van der Waals surface area contributed by atoms with Crippen molar-refractivity contribution in [1.82, 2.24) is 4.90 Å². The van der Waals surface area contributed by atoms with Crippen LogP contribution in [-0.4, -0.2) is 37.7 Å². The summed E-state index contributed by atoms with van der Waals surface area (Å²) in [6, 6.07) is 23.3. The van der Waals surface area contributed by atoms with Crippen molar-refractivity contribution in [3.05, 3.63) is 89.5 Å². The Kier molecular flexibility index (Phi) is 7.25. The molecule has 4 rings (SSSR count). The minimum atomic E-state index is -0.0806. The zero-order chi connectivity index (χ0) is 22.2. The lowest BCUT2D eigenvalue weighted by Crippen LogP contribution is -2.36. The summed E-state index contributed by atoms with van der Waals surface area (Å²) in [7, 11) is 1.61. The molecule has 1 amide bonds. The van der Waals surface area contributed by atoms with E-state index in [9.17, 15) is 4.79 Å². The second-order valence-corrected chi connectivity index (χ2v) is 7.55. The van der Waals surface area contributed by atoms with Crippen molar-refractivity contribution in [2.75, 3.05) is 26.9 Å². The van der Waals surface area contributed by atoms with Crippen LogP contribution in [0, 0.1) is 0 Å². The molecule has 0 fully saturated rings. The third-order valence-electron chi connectivity index (χ3n) is 5.26. The Morgan fingerprint density at radius 3 is 2.47 bits per heavy atom. The summed E-state index contributed by atoms with van der Waals surface area (Å²) in [5, 5.41) is 0. The molecule has 1 aliphatic heterocycles. The fourth-order valence-electron chi connectivity index (χ4n) is 3.52. The number of carbonyl (C=O) groups excluding carboxylic acids is 1. The topological polar surface area (TPSA) is 57.2 Å². The van der Waals surface area contributed by atoms with E-state index in [-0.39, 0.29) is 12.5 Å². The molecule has 0 bridgehead atoms. The average Bonchev–Trinajstić information content (AvgIpc) is 3.06. The van der Waals surface area contributed by atoms with Crippen molar-refractivity contribution < 1.29 is 23.7 Å². The number of ether oxygens (including phenoxy) is 4. The highest BCUT2D eigenvalue weighted by Crippen LogP contribution is 2.25. The van der Waals surface area contributed by atoms with Crippen LogP contribution in [0.15, 0.2) is 72.8 Å². The summed E-state index contributed by atoms with van der Waals surface area (Å²) in [5.74, 6) is 2.10. The van der Waals surface area contributed by atoms with E-state index in [2.05, 4.69) is 6.07 Å². The number of hydrogen-bond acceptors (Lipinski definition) is 5. The molecule has 6 heteroatoms. The van der Waals surface area contributed by atoms with Gasteiger partial charge in [-0.3, -0.25) is 4.79 Å². The van der Waals surface area contributed by atoms with Crippen LogP contribution in [-0.2, 0) is 29.3 Å². The molecule has 0 spiro atoms. The van der Waals surface area contributed by atoms with Crippen LogP contribution < -0.4 is 14.2 Å². The first-order chi connectivity index (χ1) is 15.7. The van der Waals surface area contributed by atoms with Gasteiger partial charge in [0.05, 0.1) is 26.9 Å². The highest BCUT2D eigenvalue weighted by atomic mass is 16.5. The van der Waals surface area contributed by atoms with Gasteiger partial charge < -0.3 is 23.8 Å². The van der Waals surface area contributed by atoms with Gasteiger partial charge in [-0.05, 0) is 47.5 Å². The SMILES string of the molecule is COc1ccc(OCC(=O)N2CCOc3ccc(COCc4ccccc4)cc3C2)cc1. The molecule has 1 aliphatic rings. The van der Waals surface area contributed by atoms with Crippen LogP contribution in [0.25, 0.3) is 0 Å². The number of hydrogen-bond donors (Lipinski definition) is 0. The Morgan fingerprint density at radius 2 is 1.69 bits per heavy atom. The molecule has 0 N–H and O–H groups in total. The van der Waals surface area contributed by atoms with E-state index in [1.165, 1.54) is 0 Å². The Hall–Kier alpha value is -3.51. The number of nitrogens with zero attached hydrogens (tertiary/aromatic N) is 1. The molecule has 0 atom stereocenters. The van der Waals surface area contributed by atoms with Gasteiger partial charge in [-0.1, -0.05) is 36.4 Å². The van der Waals surface area contributed by atoms with E-state index >= 15 is 0 Å². The first kappa shape index (κ1) is 21.7. The molecule has 0 radical (unpaired) electrons. The predicted molar refractivity (Wildman–Crippen MR) is 121 cm³/mol. The van der Waals surface area contributed by atoms with Crippen molar-refractivity contribution >= 4 is 5.91 Å². The fraction of sp³-hybridized carbons (Fsp3) is 0.269. The van der Waals surface area contributed by atoms with Gasteiger partial charge in [-0.25, -0.2) is 0 Å². The molecule has 32 heavy (non-hydrogen) atoms. The largest absolute Gasteiger partial charge is 0.497 e. The van der Waals surface area contributed by atoms with Crippen molar-refractivity contribution in [2.24, 2.45) is 0 Å². The molecule has 166 valence electrons. The maximum Gasteiger partial charge on any atom is 0.260 e. The minimum absolute atomic E-state index is 0.0263. The summed E-state index contributed by atoms with van der Waals surface area (Å²) in [5.41, 5.74) is 3.16. The Labute approximate surface area is 188 Å². The number of benzene rings is 3. The second kappa shape index (κ2) is 10.7. The highest BCUT2D eigenvalue weighted by molar-refractivity contribution is 5.78. The van der Waals surface area contributed by atoms with E-state index in [4.69, 9.17) is 18.9 Å². The van der Waals surface area contributed by atoms with Crippen LogP contribution in [0.1, 0.15) is 16.7 Å². The highest BCUT2D eigenvalue weighted by Gasteiger charge is 2.20. The Balaban J connectivity index is 1.33. The monoisotopic (exact) mass is 433 g/mol. The first-order valence-corrected chi connectivity index (χ1v) is 10.6. The number of fused-ring (bicyclic) bond motifs is 1. The molecule has 1 heterocycles. The quantitative estimate of drug-likeness (QED) is 0.533. The van der Waals surface area contributed by atoms with Gasteiger partial charge in [-0.15, -0.1) is 0 Å². The lowest BCUT2D eigenvalue weighted by molar-refractivity contribution is -0.134. The zero-order valence-electron chi connectivity index (χ0n) is 18.2. The number of amides is 1. The predicted octanol–water partition coefficient (Wildman–Crippen LogP) is 4.21. The van der Waals surface area contributed by atoms with Gasteiger partial charge in [0.1, 0.15) is 23.9 Å². The smallest absolute Gasteiger partial charge is 0.260 e. The van der Waals surface area contributed by atoms with E-state index in [0.29, 0.717) is 38.7 Å². The maximum atomic E-state index is 12.8. The second-order valence-electron chi connectivity index (χ2n) is 7.55. The summed E-state index contributed by atoms with van der Waals surface area (Å²) >= 11 is 0. The number of rotatable bonds is 8. The molecule has 3 aromatic rings. The number of carbonyl (C=O) groups is 1. The summed E-state index contributed by atoms with van der Waals surface area (Å²) in [6.07, 6.45) is 0. The third-order valence-corrected chi connectivity index (χ3v) is 5.26. The molecule has 0 saturated heterocycles. The average molecular weight is 434 g/mol. The van der Waals surface area contributed by atoms with Crippen LogP contribution in [0.2, 0.25) is 0 Å². The van der Waals surface area contributed by atoms with Crippen molar-refractivity contribution in [3.63, 3.8) is 0 Å². The Bertz CT molecular complexity index is 1020. The van der Waals surface area contributed by atoms with Crippen LogP contribution >= 0.6 is 0 Å². The van der Waals surface area contributed by atoms with Crippen LogP contribution in [0.5, 0.6) is 17.2 Å². The molecule has 0 unspecified atom stereocenters. The van der Waals surface area contributed by atoms with E-state index < -0.39 is 0 Å². The molecular weight excluding hydrogens is 406 g/mol. The molecule has 3 aromatic carbocycles. The van der Waals surface area contributed by atoms with Gasteiger partial charge in [-0.2, -0.15) is 0 Å². The van der Waals surface area contributed by atoms with Crippen LogP contribution in [0.4, 0.5) is 0 Å². The fourth-order valence-corrected chi connectivity index (χ4v) is 3.52. The summed E-state index contributed by atoms with van der Waals surface area (Å²) in [4.78, 5) is 14.5. The Morgan fingerprint density at radius 1 is 0.938 bits per heavy atom. The van der Waals surface area contributed by atoms with Gasteiger partial charge in [0.25, 0.3) is 5.91 Å². The third kappa shape index (κ3) is 5.80. The van der Waals surface area contributed by atoms with E-state index in [1.807, 2.05) is 42.5 Å². The van der Waals surface area contributed by atoms with Crippen molar-refractivity contribution in [2.45, 2.75) is 19.8 Å². The van der Waals surface area contributed by atoms with E-state index in [1.54, 1.807) is 36.3 Å². The summed E-state index contributed by atoms with van der Waals surface area (Å²) in [6.45, 7) is 2.47. The van der Waals surface area contributed by atoms with Crippen molar-refractivity contribution in [3.8, 4) is 17.2 Å². The van der Waals surface area contributed by atoms with Gasteiger partial charge in [0.2, 0.25) is 0 Å². The standard InChI is InChI=1S/C26H27NO5/c1-29-23-8-10-24(11-9-23)32-19-26(28)27-13-14-31-25-12-7-21(15-22(25)16-27)18-30-17-20-5-3-2-4-6-20/h2-12,15H,13-14,16-19H2,1H3. The molecule has 6 nitrogen and oxygen atoms in total. The van der Waals surface area contributed by atoms with Crippen LogP contribution in [0.3, 0.4) is 0 Å². The van der Waals surface area contributed by atoms with Crippen molar-refractivity contribution in [1.29, 1.82) is 0 Å². The molecule has 0 aromatic heterocycles. The van der Waals surface area contributed by atoms with Gasteiger partial charge in [0, 0.05) is 12.1 Å². The molecule has 0 aliphatic carbocycles. The summed E-state index contributed by atoms with van der Waals surface area (Å²) < 4.78 is 22.5. The van der Waals surface area contributed by atoms with Gasteiger partial charge >= 0.3 is 0 Å². The molecule has 0 saturated carbocycles. The van der Waals surface area contributed by atoms with Gasteiger partial charge in [0.15, 0.2) is 6.61 Å². The lowest BCUT2D eigenvalue weighted by Gasteiger charge is -2.20. The normalized spacial score (nSPS) is 13.0. The number of methoxy groups -OCH3 is 1.